The Morgan fingerprint density at radius 2 is 1.83 bits per heavy atom. The number of hydrogen-bond donors (Lipinski definition) is 0. The lowest BCUT2D eigenvalue weighted by Gasteiger charge is -2.41. The number of hydrogen-bond acceptors (Lipinski definition) is 6. The Morgan fingerprint density at radius 3 is 2.28 bits per heavy atom. The van der Waals surface area contributed by atoms with Gasteiger partial charge in [0.1, 0.15) is 5.85 Å². The van der Waals surface area contributed by atoms with E-state index in [1.165, 1.54) is 0 Å². The van der Waals surface area contributed by atoms with Gasteiger partial charge in [-0.25, -0.2) is 0 Å². The second kappa shape index (κ2) is 12.1. The van der Waals surface area contributed by atoms with Crippen molar-refractivity contribution in [2.24, 2.45) is 5.92 Å². The summed E-state index contributed by atoms with van der Waals surface area (Å²) in [5.74, 6) is -0.688. The van der Waals surface area contributed by atoms with Gasteiger partial charge in [0.2, 0.25) is 0 Å². The first-order chi connectivity index (χ1) is 13.5. The fraction of sp³-hybridized carbons (Fsp3) is 0.905. The van der Waals surface area contributed by atoms with E-state index in [0.29, 0.717) is 26.2 Å². The normalized spacial score (nSPS) is 21.0. The molecule has 1 aliphatic heterocycles. The molecule has 1 saturated heterocycles. The first-order valence-electron chi connectivity index (χ1n) is 10.9. The molecule has 0 aromatic heterocycles. The van der Waals surface area contributed by atoms with Crippen molar-refractivity contribution in [3.05, 3.63) is 12.7 Å². The fourth-order valence-corrected chi connectivity index (χ4v) is 6.98. The molecule has 1 unspecified atom stereocenters. The molecule has 0 radical (unpaired) electrons. The molecule has 0 bridgehead atoms. The van der Waals surface area contributed by atoms with E-state index in [1.807, 2.05) is 19.9 Å². The average Bonchev–Trinajstić information content (AvgIpc) is 2.64. The van der Waals surface area contributed by atoms with Crippen molar-refractivity contribution in [1.82, 2.24) is 0 Å². The Hall–Kier alpha value is -0.0131. The van der Waals surface area contributed by atoms with Crippen molar-refractivity contribution in [2.45, 2.75) is 90.6 Å². The first kappa shape index (κ1) is 27.0. The fourth-order valence-electron chi connectivity index (χ4n) is 2.89. The predicted octanol–water partition coefficient (Wildman–Crippen LogP) is 6.34. The van der Waals surface area contributed by atoms with Gasteiger partial charge in [0.05, 0.1) is 19.8 Å². The summed E-state index contributed by atoms with van der Waals surface area (Å²) in [4.78, 5) is 0. The zero-order chi connectivity index (χ0) is 22.1. The van der Waals surface area contributed by atoms with Gasteiger partial charge in [-0.1, -0.05) is 26.8 Å². The van der Waals surface area contributed by atoms with Crippen LogP contribution in [0.1, 0.15) is 60.3 Å². The van der Waals surface area contributed by atoms with Crippen LogP contribution in [0.5, 0.6) is 0 Å². The van der Waals surface area contributed by atoms with E-state index >= 15 is 0 Å². The molecule has 1 aliphatic rings. The van der Waals surface area contributed by atoms with Gasteiger partial charge < -0.3 is 22.9 Å². The minimum Gasteiger partial charge on any atom is -0.403 e. The highest BCUT2D eigenvalue weighted by molar-refractivity contribution is 7.54. The molecule has 172 valence electrons. The Balaban J connectivity index is 2.97. The summed E-state index contributed by atoms with van der Waals surface area (Å²) in [6.45, 7) is 20.2. The van der Waals surface area contributed by atoms with Crippen LogP contribution in [-0.2, 0) is 27.5 Å². The van der Waals surface area contributed by atoms with Gasteiger partial charge >= 0.3 is 7.60 Å². The highest BCUT2D eigenvalue weighted by Gasteiger charge is 2.46. The summed E-state index contributed by atoms with van der Waals surface area (Å²) in [5.41, 5.74) is 0. The minimum atomic E-state index is -3.44. The van der Waals surface area contributed by atoms with Gasteiger partial charge in [0.15, 0.2) is 14.6 Å². The van der Waals surface area contributed by atoms with Gasteiger partial charge in [0.25, 0.3) is 0 Å². The quantitative estimate of drug-likeness (QED) is 0.185. The third-order valence-electron chi connectivity index (χ3n) is 5.68. The first-order valence-corrected chi connectivity index (χ1v) is 15.4. The summed E-state index contributed by atoms with van der Waals surface area (Å²) in [6.07, 6.45) is 5.25. The molecule has 1 rings (SSSR count). The van der Waals surface area contributed by atoms with Gasteiger partial charge in [-0.05, 0) is 57.7 Å². The zero-order valence-corrected chi connectivity index (χ0v) is 21.5. The van der Waals surface area contributed by atoms with E-state index in [0.717, 1.165) is 25.9 Å². The Kier molecular flexibility index (Phi) is 11.3. The van der Waals surface area contributed by atoms with Gasteiger partial charge in [-0.2, -0.15) is 0 Å². The number of rotatable bonds is 13. The van der Waals surface area contributed by atoms with E-state index in [-0.39, 0.29) is 17.2 Å². The predicted molar refractivity (Wildman–Crippen MR) is 121 cm³/mol. The van der Waals surface area contributed by atoms with E-state index in [2.05, 4.69) is 40.4 Å². The van der Waals surface area contributed by atoms with E-state index in [9.17, 15) is 4.57 Å². The number of ether oxygens (including phenoxy) is 2. The maximum absolute atomic E-state index is 13.6. The zero-order valence-electron chi connectivity index (χ0n) is 19.6. The minimum absolute atomic E-state index is 0.0232. The standard InChI is InChI=1S/C21H43O6PSi/c1-9-18(17-24-19-14-12-13-15-23-19)16-20(27-29(7,8)21(4,5)6)28(22,25-10-2)26-11-3/h9,18-20H,1,10-17H2,2-8H3/t18?,19-,20+/m0/s1. The van der Waals surface area contributed by atoms with Crippen molar-refractivity contribution in [3.63, 3.8) is 0 Å². The van der Waals surface area contributed by atoms with E-state index in [4.69, 9.17) is 22.9 Å². The largest absolute Gasteiger partial charge is 0.403 e. The SMILES string of the molecule is C=CC(CO[C@H]1CCCCO1)C[C@H](O[Si](C)(C)C(C)(C)C)P(=O)(OCC)OCC. The monoisotopic (exact) mass is 450 g/mol. The van der Waals surface area contributed by atoms with E-state index < -0.39 is 21.8 Å². The molecule has 0 aromatic rings. The highest BCUT2D eigenvalue weighted by Crippen LogP contribution is 2.57. The van der Waals surface area contributed by atoms with Crippen molar-refractivity contribution >= 4 is 15.9 Å². The van der Waals surface area contributed by atoms with Crippen LogP contribution in [-0.4, -0.2) is 46.9 Å². The summed E-state index contributed by atoms with van der Waals surface area (Å²) >= 11 is 0. The maximum Gasteiger partial charge on any atom is 0.357 e. The maximum atomic E-state index is 13.6. The lowest BCUT2D eigenvalue weighted by atomic mass is 10.1. The van der Waals surface area contributed by atoms with Crippen LogP contribution in [0, 0.1) is 5.92 Å². The van der Waals surface area contributed by atoms with Crippen molar-refractivity contribution in [2.75, 3.05) is 26.4 Å². The third-order valence-corrected chi connectivity index (χ3v) is 12.6. The molecule has 29 heavy (non-hydrogen) atoms. The molecule has 0 aromatic carbocycles. The van der Waals surface area contributed by atoms with Crippen LogP contribution in [0.15, 0.2) is 12.7 Å². The summed E-state index contributed by atoms with van der Waals surface area (Å²) in [7, 11) is -5.64. The Bertz CT molecular complexity index is 518. The van der Waals surface area contributed by atoms with Crippen LogP contribution in [0.2, 0.25) is 18.1 Å². The van der Waals surface area contributed by atoms with Crippen LogP contribution in [0.4, 0.5) is 0 Å². The second-order valence-corrected chi connectivity index (χ2v) is 16.0. The van der Waals surface area contributed by atoms with Gasteiger partial charge in [-0.15, -0.1) is 6.58 Å². The van der Waals surface area contributed by atoms with Crippen LogP contribution in [0.25, 0.3) is 0 Å². The van der Waals surface area contributed by atoms with E-state index in [1.54, 1.807) is 0 Å². The molecule has 0 spiro atoms. The van der Waals surface area contributed by atoms with Crippen LogP contribution >= 0.6 is 7.60 Å². The second-order valence-electron chi connectivity index (χ2n) is 9.07. The van der Waals surface area contributed by atoms with Gasteiger partial charge in [-0.3, -0.25) is 4.57 Å². The topological polar surface area (TPSA) is 63.2 Å². The highest BCUT2D eigenvalue weighted by atomic mass is 31.2. The average molecular weight is 451 g/mol. The summed E-state index contributed by atoms with van der Waals surface area (Å²) < 4.78 is 43.2. The van der Waals surface area contributed by atoms with Crippen LogP contribution < -0.4 is 0 Å². The van der Waals surface area contributed by atoms with Crippen molar-refractivity contribution < 1.29 is 27.5 Å². The summed E-state index contributed by atoms with van der Waals surface area (Å²) in [6, 6.07) is 0. The van der Waals surface area contributed by atoms with Crippen LogP contribution in [0.3, 0.4) is 0 Å². The molecule has 0 N–H and O–H groups in total. The molecule has 6 nitrogen and oxygen atoms in total. The van der Waals surface area contributed by atoms with Gasteiger partial charge in [0, 0.05) is 12.5 Å². The molecule has 0 aliphatic carbocycles. The Labute approximate surface area is 179 Å². The smallest absolute Gasteiger partial charge is 0.357 e. The molecule has 0 amide bonds. The molecular formula is C21H43O6PSi. The lowest BCUT2D eigenvalue weighted by Crippen LogP contribution is -2.44. The summed E-state index contributed by atoms with van der Waals surface area (Å²) in [5, 5.41) is -0.0232. The molecule has 1 heterocycles. The molecular weight excluding hydrogens is 407 g/mol. The van der Waals surface area contributed by atoms with Crippen molar-refractivity contribution in [3.8, 4) is 0 Å². The molecule has 1 fully saturated rings. The molecule has 8 heteroatoms. The third kappa shape index (κ3) is 8.56. The molecule has 0 saturated carbocycles. The Morgan fingerprint density at radius 1 is 1.21 bits per heavy atom. The lowest BCUT2D eigenvalue weighted by molar-refractivity contribution is -0.167. The molecule has 3 atom stereocenters. The van der Waals surface area contributed by atoms with Crippen molar-refractivity contribution in [1.29, 1.82) is 0 Å².